The van der Waals surface area contributed by atoms with E-state index in [9.17, 15) is 22.0 Å². The fourth-order valence-corrected chi connectivity index (χ4v) is 5.81. The number of nitrogens with one attached hydrogen (secondary N) is 1. The van der Waals surface area contributed by atoms with E-state index in [0.717, 1.165) is 11.0 Å². The van der Waals surface area contributed by atoms with Crippen molar-refractivity contribution in [3.05, 3.63) is 47.3 Å². The third kappa shape index (κ3) is 5.58. The second-order valence-corrected chi connectivity index (χ2v) is 12.6. The fraction of sp³-hybridized carbons (Fsp3) is 0.320. The average molecular weight is 579 g/mol. The third-order valence-electron chi connectivity index (χ3n) is 5.84. The van der Waals surface area contributed by atoms with Crippen LogP contribution in [0.5, 0.6) is 5.75 Å². The number of ether oxygens (including phenoxy) is 2. The van der Waals surface area contributed by atoms with Crippen LogP contribution in [0.15, 0.2) is 40.5 Å². The van der Waals surface area contributed by atoms with E-state index < -0.39 is 54.4 Å². The maximum absolute atomic E-state index is 15.1. The van der Waals surface area contributed by atoms with Crippen molar-refractivity contribution in [2.45, 2.75) is 49.2 Å². The lowest BCUT2D eigenvalue weighted by atomic mass is 10.1. The van der Waals surface area contributed by atoms with Gasteiger partial charge in [-0.1, -0.05) is 12.1 Å². The molecule has 0 saturated carbocycles. The summed E-state index contributed by atoms with van der Waals surface area (Å²) in [6.07, 6.45) is -0.773. The standard InChI is InChI=1S/C25H27FN4O7S2/c1-13-16(26)11-17(30(5)24(31)37-25(2,3)4)20-18(13)19-21(27-20)28-23(29-22(19)38(32)33)39(34,35)12-14-7-9-15(36-6)10-8-14/h7-11H,12H2,1-6H3,(H,32,33)(H,27,28,29). The molecule has 0 aliphatic rings. The van der Waals surface area contributed by atoms with Crippen molar-refractivity contribution in [2.24, 2.45) is 0 Å². The van der Waals surface area contributed by atoms with Crippen LogP contribution in [0.1, 0.15) is 31.9 Å². The van der Waals surface area contributed by atoms with Gasteiger partial charge in [0.25, 0.3) is 5.16 Å². The quantitative estimate of drug-likeness (QED) is 0.191. The van der Waals surface area contributed by atoms with E-state index in [1.807, 2.05) is 0 Å². The number of carbonyl (C=O) groups is 1. The molecule has 11 nitrogen and oxygen atoms in total. The molecule has 1 atom stereocenters. The first-order valence-electron chi connectivity index (χ1n) is 11.6. The number of halogens is 1. The minimum atomic E-state index is -4.18. The Labute approximate surface area is 226 Å². The second kappa shape index (κ2) is 10.2. The fourth-order valence-electron chi connectivity index (χ4n) is 3.99. The number of nitrogens with zero attached hydrogens (tertiary/aromatic N) is 3. The van der Waals surface area contributed by atoms with Gasteiger partial charge in [-0.15, -0.1) is 0 Å². The molecule has 14 heteroatoms. The van der Waals surface area contributed by atoms with Crippen LogP contribution in [0.2, 0.25) is 0 Å². The summed E-state index contributed by atoms with van der Waals surface area (Å²) in [6.45, 7) is 6.48. The summed E-state index contributed by atoms with van der Waals surface area (Å²) in [5.41, 5.74) is -0.198. The number of anilines is 1. The smallest absolute Gasteiger partial charge is 0.414 e. The number of methoxy groups -OCH3 is 1. The van der Waals surface area contributed by atoms with E-state index in [1.54, 1.807) is 45.0 Å². The molecule has 0 bridgehead atoms. The zero-order valence-electron chi connectivity index (χ0n) is 22.0. The maximum Gasteiger partial charge on any atom is 0.414 e. The highest BCUT2D eigenvalue weighted by molar-refractivity contribution is 7.90. The number of hydrogen-bond donors (Lipinski definition) is 2. The van der Waals surface area contributed by atoms with Gasteiger partial charge in [0, 0.05) is 18.5 Å². The molecule has 0 spiro atoms. The van der Waals surface area contributed by atoms with Crippen LogP contribution in [0.3, 0.4) is 0 Å². The minimum absolute atomic E-state index is 0.0370. The highest BCUT2D eigenvalue weighted by Crippen LogP contribution is 2.38. The predicted octanol–water partition coefficient (Wildman–Crippen LogP) is 4.49. The summed E-state index contributed by atoms with van der Waals surface area (Å²) in [6, 6.07) is 7.44. The number of carbonyl (C=O) groups excluding carboxylic acids is 1. The molecule has 2 aromatic heterocycles. The first kappa shape index (κ1) is 28.4. The molecular weight excluding hydrogens is 551 g/mol. The highest BCUT2D eigenvalue weighted by atomic mass is 32.2. The Morgan fingerprint density at radius 1 is 1.18 bits per heavy atom. The molecule has 208 valence electrons. The zero-order chi connectivity index (χ0) is 28.9. The Morgan fingerprint density at radius 3 is 2.38 bits per heavy atom. The zero-order valence-corrected chi connectivity index (χ0v) is 23.7. The van der Waals surface area contributed by atoms with Gasteiger partial charge >= 0.3 is 6.09 Å². The number of H-pyrrole nitrogens is 1. The summed E-state index contributed by atoms with van der Waals surface area (Å²) in [7, 11) is -1.32. The van der Waals surface area contributed by atoms with Crippen LogP contribution in [0, 0.1) is 12.7 Å². The van der Waals surface area contributed by atoms with Gasteiger partial charge < -0.3 is 19.0 Å². The first-order chi connectivity index (χ1) is 18.1. The van der Waals surface area contributed by atoms with Crippen LogP contribution < -0.4 is 9.64 Å². The van der Waals surface area contributed by atoms with Crippen molar-refractivity contribution in [3.63, 3.8) is 0 Å². The molecular formula is C25H27FN4O7S2. The molecule has 0 radical (unpaired) electrons. The lowest BCUT2D eigenvalue weighted by Gasteiger charge is -2.25. The number of benzene rings is 2. The molecule has 4 aromatic rings. The van der Waals surface area contributed by atoms with Gasteiger partial charge in [0.2, 0.25) is 20.9 Å². The van der Waals surface area contributed by atoms with Crippen LogP contribution in [0.25, 0.3) is 21.9 Å². The lowest BCUT2D eigenvalue weighted by molar-refractivity contribution is 0.0589. The van der Waals surface area contributed by atoms with Gasteiger partial charge in [0.1, 0.15) is 22.8 Å². The van der Waals surface area contributed by atoms with Crippen molar-refractivity contribution >= 4 is 54.6 Å². The molecule has 2 aromatic carbocycles. The number of aromatic nitrogens is 3. The minimum Gasteiger partial charge on any atom is -0.497 e. The Balaban J connectivity index is 1.92. The van der Waals surface area contributed by atoms with Gasteiger partial charge in [0.05, 0.1) is 29.5 Å². The first-order valence-corrected chi connectivity index (χ1v) is 14.3. The van der Waals surface area contributed by atoms with E-state index in [1.165, 1.54) is 21.1 Å². The molecule has 0 aliphatic heterocycles. The van der Waals surface area contributed by atoms with Crippen LogP contribution in [-0.2, 0) is 31.4 Å². The molecule has 4 rings (SSSR count). The molecule has 0 fully saturated rings. The van der Waals surface area contributed by atoms with Crippen LogP contribution >= 0.6 is 0 Å². The summed E-state index contributed by atoms with van der Waals surface area (Å²) < 4.78 is 74.5. The molecule has 1 unspecified atom stereocenters. The third-order valence-corrected chi connectivity index (χ3v) is 7.92. The van der Waals surface area contributed by atoms with E-state index in [4.69, 9.17) is 9.47 Å². The largest absolute Gasteiger partial charge is 0.497 e. The predicted molar refractivity (Wildman–Crippen MR) is 144 cm³/mol. The number of aromatic amines is 1. The highest BCUT2D eigenvalue weighted by Gasteiger charge is 2.29. The Morgan fingerprint density at radius 2 is 1.82 bits per heavy atom. The van der Waals surface area contributed by atoms with Gasteiger partial charge in [-0.05, 0) is 51.0 Å². The number of sulfone groups is 1. The van der Waals surface area contributed by atoms with Crippen molar-refractivity contribution in [2.75, 3.05) is 19.1 Å². The monoisotopic (exact) mass is 578 g/mol. The van der Waals surface area contributed by atoms with Crippen molar-refractivity contribution in [1.82, 2.24) is 15.0 Å². The summed E-state index contributed by atoms with van der Waals surface area (Å²) in [5, 5.41) is -1.11. The van der Waals surface area contributed by atoms with E-state index in [-0.39, 0.29) is 33.2 Å². The number of rotatable bonds is 6. The van der Waals surface area contributed by atoms with Gasteiger partial charge in [0.15, 0.2) is 5.03 Å². The van der Waals surface area contributed by atoms with E-state index in [2.05, 4.69) is 15.0 Å². The molecule has 39 heavy (non-hydrogen) atoms. The topological polar surface area (TPSA) is 152 Å². The van der Waals surface area contributed by atoms with E-state index in [0.29, 0.717) is 11.3 Å². The molecule has 0 saturated heterocycles. The van der Waals surface area contributed by atoms with E-state index >= 15 is 4.39 Å². The molecule has 0 aliphatic carbocycles. The van der Waals surface area contributed by atoms with Crippen molar-refractivity contribution in [3.8, 4) is 5.75 Å². The van der Waals surface area contributed by atoms with Crippen molar-refractivity contribution < 1.29 is 35.8 Å². The maximum atomic E-state index is 15.1. The second-order valence-electron chi connectivity index (χ2n) is 9.81. The number of fused-ring (bicyclic) bond motifs is 3. The Bertz CT molecular complexity index is 1730. The Hall–Kier alpha value is -3.62. The number of hydrogen-bond acceptors (Lipinski definition) is 8. The van der Waals surface area contributed by atoms with Gasteiger partial charge in [-0.3, -0.25) is 4.90 Å². The lowest BCUT2D eigenvalue weighted by Crippen LogP contribution is -2.34. The number of amides is 1. The normalized spacial score (nSPS) is 13.0. The molecule has 1 amide bonds. The van der Waals surface area contributed by atoms with Crippen molar-refractivity contribution in [1.29, 1.82) is 0 Å². The SMILES string of the molecule is COc1ccc(CS(=O)(=O)c2nc(S(=O)O)c3c(n2)[nH]c2c(N(C)C(=O)OC(C)(C)C)cc(F)c(C)c23)cc1. The summed E-state index contributed by atoms with van der Waals surface area (Å²) in [4.78, 5) is 24.8. The molecule has 2 heterocycles. The Kier molecular flexibility index (Phi) is 7.40. The van der Waals surface area contributed by atoms with Crippen LogP contribution in [0.4, 0.5) is 14.9 Å². The average Bonchev–Trinajstić information content (AvgIpc) is 3.24. The van der Waals surface area contributed by atoms with Crippen LogP contribution in [-0.4, -0.2) is 58.0 Å². The number of aryl methyl sites for hydroxylation is 1. The van der Waals surface area contributed by atoms with Gasteiger partial charge in [-0.25, -0.2) is 31.8 Å². The van der Waals surface area contributed by atoms with Gasteiger partial charge in [-0.2, -0.15) is 0 Å². The molecule has 2 N–H and O–H groups in total. The summed E-state index contributed by atoms with van der Waals surface area (Å²) in [5.74, 6) is -0.653. The summed E-state index contributed by atoms with van der Waals surface area (Å²) >= 11 is -2.77.